The molecule has 3 heteroatoms. The van der Waals surface area contributed by atoms with Crippen LogP contribution in [0.3, 0.4) is 0 Å². The summed E-state index contributed by atoms with van der Waals surface area (Å²) in [6.45, 7) is 14.8. The Bertz CT molecular complexity index is 271. The molecule has 0 spiro atoms. The second kappa shape index (κ2) is 7.05. The maximum absolute atomic E-state index is 5.66. The molecule has 0 radical (unpaired) electrons. The molecule has 1 saturated carbocycles. The number of hydrogen-bond acceptors (Lipinski definition) is 3. The summed E-state index contributed by atoms with van der Waals surface area (Å²) in [5, 5.41) is 3.74. The van der Waals surface area contributed by atoms with Crippen molar-refractivity contribution in [2.45, 2.75) is 52.7 Å². The summed E-state index contributed by atoms with van der Waals surface area (Å²) < 4.78 is 5.66. The monoisotopic (exact) mass is 268 g/mol. The molecule has 1 N–H and O–H groups in total. The van der Waals surface area contributed by atoms with Gasteiger partial charge < -0.3 is 10.1 Å². The zero-order valence-electron chi connectivity index (χ0n) is 13.2. The third-order valence-electron chi connectivity index (χ3n) is 4.94. The van der Waals surface area contributed by atoms with E-state index in [2.05, 4.69) is 37.9 Å². The molecule has 0 aromatic carbocycles. The lowest BCUT2D eigenvalue weighted by Gasteiger charge is -2.43. The lowest BCUT2D eigenvalue weighted by atomic mass is 9.72. The van der Waals surface area contributed by atoms with Crippen LogP contribution in [0.4, 0.5) is 0 Å². The molecule has 5 unspecified atom stereocenters. The Labute approximate surface area is 119 Å². The molecule has 0 bridgehead atoms. The van der Waals surface area contributed by atoms with Crippen LogP contribution in [0.2, 0.25) is 0 Å². The highest BCUT2D eigenvalue weighted by Gasteiger charge is 2.35. The largest absolute Gasteiger partial charge is 0.376 e. The van der Waals surface area contributed by atoms with Gasteiger partial charge in [0.2, 0.25) is 0 Å². The van der Waals surface area contributed by atoms with Crippen LogP contribution >= 0.6 is 0 Å². The second-order valence-electron chi connectivity index (χ2n) is 6.82. The van der Waals surface area contributed by atoms with Crippen LogP contribution in [-0.4, -0.2) is 49.8 Å². The predicted molar refractivity (Wildman–Crippen MR) is 80.4 cm³/mol. The van der Waals surface area contributed by atoms with E-state index in [0.29, 0.717) is 12.1 Å². The number of morpholine rings is 1. The quantitative estimate of drug-likeness (QED) is 0.847. The zero-order valence-corrected chi connectivity index (χ0v) is 13.2. The van der Waals surface area contributed by atoms with E-state index in [-0.39, 0.29) is 0 Å². The van der Waals surface area contributed by atoms with Crippen LogP contribution in [-0.2, 0) is 4.74 Å². The average molecular weight is 268 g/mol. The molecular formula is C16H32N2O. The van der Waals surface area contributed by atoms with Gasteiger partial charge in [-0.3, -0.25) is 4.90 Å². The van der Waals surface area contributed by atoms with E-state index in [9.17, 15) is 0 Å². The molecule has 2 rings (SSSR count). The van der Waals surface area contributed by atoms with E-state index >= 15 is 0 Å². The Morgan fingerprint density at radius 3 is 2.68 bits per heavy atom. The van der Waals surface area contributed by atoms with E-state index in [1.807, 2.05) is 0 Å². The van der Waals surface area contributed by atoms with Crippen LogP contribution in [0.5, 0.6) is 0 Å². The minimum Gasteiger partial charge on any atom is -0.376 e. The molecule has 5 atom stereocenters. The van der Waals surface area contributed by atoms with Crippen LogP contribution in [0.25, 0.3) is 0 Å². The normalized spacial score (nSPS) is 41.4. The third kappa shape index (κ3) is 4.17. The van der Waals surface area contributed by atoms with Crippen molar-refractivity contribution >= 4 is 0 Å². The van der Waals surface area contributed by atoms with Crippen LogP contribution in [0.1, 0.15) is 40.5 Å². The summed E-state index contributed by atoms with van der Waals surface area (Å²) in [4.78, 5) is 2.62. The lowest BCUT2D eigenvalue weighted by molar-refractivity contribution is -0.0318. The Hall–Kier alpha value is -0.120. The van der Waals surface area contributed by atoms with E-state index in [1.165, 1.54) is 19.4 Å². The molecule has 0 aromatic rings. The topological polar surface area (TPSA) is 24.5 Å². The molecule has 2 fully saturated rings. The van der Waals surface area contributed by atoms with Gasteiger partial charge in [-0.05, 0) is 44.1 Å². The highest BCUT2D eigenvalue weighted by molar-refractivity contribution is 4.89. The Balaban J connectivity index is 1.94. The first kappa shape index (κ1) is 15.3. The molecule has 0 aromatic heterocycles. The molecule has 0 amide bonds. The summed E-state index contributed by atoms with van der Waals surface area (Å²) in [6, 6.07) is 0.710. The van der Waals surface area contributed by atoms with Gasteiger partial charge in [-0.15, -0.1) is 0 Å². The molecule has 1 heterocycles. The summed E-state index contributed by atoms with van der Waals surface area (Å²) in [5.41, 5.74) is 0. The van der Waals surface area contributed by atoms with Gasteiger partial charge in [-0.25, -0.2) is 0 Å². The fourth-order valence-electron chi connectivity index (χ4n) is 4.07. The molecule has 19 heavy (non-hydrogen) atoms. The molecule has 1 saturated heterocycles. The van der Waals surface area contributed by atoms with Crippen molar-refractivity contribution in [1.82, 2.24) is 10.2 Å². The molecule has 2 aliphatic rings. The smallest absolute Gasteiger partial charge is 0.0674 e. The van der Waals surface area contributed by atoms with Gasteiger partial charge in [0.15, 0.2) is 0 Å². The van der Waals surface area contributed by atoms with Crippen molar-refractivity contribution in [2.24, 2.45) is 17.8 Å². The van der Waals surface area contributed by atoms with Crippen molar-refractivity contribution in [3.05, 3.63) is 0 Å². The van der Waals surface area contributed by atoms with Crippen LogP contribution in [0.15, 0.2) is 0 Å². The zero-order chi connectivity index (χ0) is 13.8. The summed E-state index contributed by atoms with van der Waals surface area (Å²) >= 11 is 0. The average Bonchev–Trinajstić information content (AvgIpc) is 2.34. The minimum absolute atomic E-state index is 0.407. The van der Waals surface area contributed by atoms with E-state index in [0.717, 1.165) is 44.0 Å². The maximum atomic E-state index is 5.66. The number of nitrogens with one attached hydrogen (secondary N) is 1. The van der Waals surface area contributed by atoms with Crippen LogP contribution < -0.4 is 5.32 Å². The van der Waals surface area contributed by atoms with Gasteiger partial charge in [0.1, 0.15) is 0 Å². The maximum Gasteiger partial charge on any atom is 0.0674 e. The number of hydrogen-bond donors (Lipinski definition) is 1. The van der Waals surface area contributed by atoms with Crippen molar-refractivity contribution in [2.75, 3.05) is 32.8 Å². The van der Waals surface area contributed by atoms with Gasteiger partial charge in [0, 0.05) is 25.7 Å². The highest BCUT2D eigenvalue weighted by Crippen LogP contribution is 2.34. The molecule has 112 valence electrons. The first-order valence-corrected chi connectivity index (χ1v) is 8.17. The van der Waals surface area contributed by atoms with Crippen molar-refractivity contribution in [1.29, 1.82) is 0 Å². The second-order valence-corrected chi connectivity index (χ2v) is 6.82. The lowest BCUT2D eigenvalue weighted by Crippen LogP contribution is -2.51. The number of nitrogens with zero attached hydrogens (tertiary/aromatic N) is 1. The summed E-state index contributed by atoms with van der Waals surface area (Å²) in [7, 11) is 0. The Kier molecular flexibility index (Phi) is 5.67. The predicted octanol–water partition coefficient (Wildman–Crippen LogP) is 2.37. The molecular weight excluding hydrogens is 236 g/mol. The molecule has 1 aliphatic heterocycles. The van der Waals surface area contributed by atoms with Gasteiger partial charge in [0.05, 0.1) is 12.7 Å². The van der Waals surface area contributed by atoms with E-state index in [1.54, 1.807) is 0 Å². The first-order valence-electron chi connectivity index (χ1n) is 8.17. The van der Waals surface area contributed by atoms with Crippen molar-refractivity contribution < 1.29 is 4.74 Å². The standard InChI is InChI=1S/C16H32N2O/c1-5-17-16-9-12(2)8-13(3)15(16)11-18-6-7-19-14(4)10-18/h12-17H,5-11H2,1-4H3. The number of ether oxygens (including phenoxy) is 1. The third-order valence-corrected chi connectivity index (χ3v) is 4.94. The Morgan fingerprint density at radius 2 is 2.00 bits per heavy atom. The fraction of sp³-hybridized carbons (Fsp3) is 1.00. The van der Waals surface area contributed by atoms with Crippen LogP contribution in [0, 0.1) is 17.8 Å². The molecule has 1 aliphatic carbocycles. The summed E-state index contributed by atoms with van der Waals surface area (Å²) in [6.07, 6.45) is 3.15. The number of rotatable bonds is 4. The van der Waals surface area contributed by atoms with Gasteiger partial charge in [0.25, 0.3) is 0 Å². The first-order chi connectivity index (χ1) is 9.10. The highest BCUT2D eigenvalue weighted by atomic mass is 16.5. The van der Waals surface area contributed by atoms with E-state index < -0.39 is 0 Å². The fourth-order valence-corrected chi connectivity index (χ4v) is 4.07. The Morgan fingerprint density at radius 1 is 1.21 bits per heavy atom. The van der Waals surface area contributed by atoms with E-state index in [4.69, 9.17) is 4.74 Å². The van der Waals surface area contributed by atoms with Gasteiger partial charge >= 0.3 is 0 Å². The van der Waals surface area contributed by atoms with Gasteiger partial charge in [-0.2, -0.15) is 0 Å². The molecule has 3 nitrogen and oxygen atoms in total. The van der Waals surface area contributed by atoms with Crippen molar-refractivity contribution in [3.8, 4) is 0 Å². The SMILES string of the molecule is CCNC1CC(C)CC(C)C1CN1CCOC(C)C1. The van der Waals surface area contributed by atoms with Gasteiger partial charge in [-0.1, -0.05) is 20.8 Å². The summed E-state index contributed by atoms with van der Waals surface area (Å²) in [5.74, 6) is 2.52. The minimum atomic E-state index is 0.407. The van der Waals surface area contributed by atoms with Crippen molar-refractivity contribution in [3.63, 3.8) is 0 Å².